The monoisotopic (exact) mass is 233 g/mol. The zero-order chi connectivity index (χ0) is 12.3. The number of nitrogens with one attached hydrogen (secondary N) is 1. The topological polar surface area (TPSA) is 57.7 Å². The highest BCUT2D eigenvalue weighted by Crippen LogP contribution is 2.21. The molecule has 0 bridgehead atoms. The average molecular weight is 233 g/mol. The molecule has 0 spiro atoms. The molecular formula is C12H19N5. The van der Waals surface area contributed by atoms with E-state index in [1.807, 2.05) is 0 Å². The average Bonchev–Trinajstić information content (AvgIpc) is 2.83. The van der Waals surface area contributed by atoms with Gasteiger partial charge >= 0.3 is 0 Å². The molecule has 0 amide bonds. The molecule has 5 nitrogen and oxygen atoms in total. The van der Waals surface area contributed by atoms with Crippen molar-refractivity contribution in [2.24, 2.45) is 5.92 Å². The Kier molecular flexibility index (Phi) is 3.56. The van der Waals surface area contributed by atoms with Gasteiger partial charge in [-0.25, -0.2) is 9.97 Å². The second kappa shape index (κ2) is 5.12. The number of aromatic nitrogens is 4. The third-order valence-electron chi connectivity index (χ3n) is 3.14. The van der Waals surface area contributed by atoms with E-state index < -0.39 is 0 Å². The van der Waals surface area contributed by atoms with Crippen molar-refractivity contribution in [1.29, 1.82) is 0 Å². The number of anilines is 1. The second-order valence-electron chi connectivity index (χ2n) is 4.38. The Hall–Kier alpha value is -1.65. The molecule has 0 aliphatic carbocycles. The first-order chi connectivity index (χ1) is 8.26. The Labute approximate surface area is 101 Å². The molecule has 1 atom stereocenters. The Morgan fingerprint density at radius 3 is 2.88 bits per heavy atom. The van der Waals surface area contributed by atoms with Crippen molar-refractivity contribution in [3.05, 3.63) is 12.5 Å². The van der Waals surface area contributed by atoms with Gasteiger partial charge in [-0.05, 0) is 12.8 Å². The molecule has 0 saturated carbocycles. The smallest absolute Gasteiger partial charge is 0.160 e. The summed E-state index contributed by atoms with van der Waals surface area (Å²) >= 11 is 0. The molecule has 0 radical (unpaired) electrons. The number of aromatic amines is 1. The summed E-state index contributed by atoms with van der Waals surface area (Å²) in [7, 11) is 0. The Bertz CT molecular complexity index is 478. The zero-order valence-corrected chi connectivity index (χ0v) is 10.6. The molecular weight excluding hydrogens is 214 g/mol. The third-order valence-corrected chi connectivity index (χ3v) is 3.14. The van der Waals surface area contributed by atoms with Crippen LogP contribution in [0.25, 0.3) is 11.0 Å². The van der Waals surface area contributed by atoms with Crippen LogP contribution >= 0.6 is 0 Å². The van der Waals surface area contributed by atoms with E-state index in [2.05, 4.69) is 45.8 Å². The molecule has 2 heterocycles. The highest BCUT2D eigenvalue weighted by Gasteiger charge is 2.13. The maximum atomic E-state index is 4.39. The van der Waals surface area contributed by atoms with Gasteiger partial charge in [0.05, 0.1) is 11.6 Å². The van der Waals surface area contributed by atoms with E-state index in [-0.39, 0.29) is 0 Å². The van der Waals surface area contributed by atoms with Crippen LogP contribution in [-0.2, 0) is 0 Å². The summed E-state index contributed by atoms with van der Waals surface area (Å²) in [6.07, 6.45) is 4.56. The van der Waals surface area contributed by atoms with Crippen LogP contribution in [0, 0.1) is 5.92 Å². The highest BCUT2D eigenvalue weighted by molar-refractivity contribution is 5.86. The van der Waals surface area contributed by atoms with E-state index in [4.69, 9.17) is 0 Å². The van der Waals surface area contributed by atoms with Crippen LogP contribution in [0.15, 0.2) is 12.5 Å². The fourth-order valence-electron chi connectivity index (χ4n) is 1.87. The lowest BCUT2D eigenvalue weighted by atomic mass is 10.1. The summed E-state index contributed by atoms with van der Waals surface area (Å²) in [5.41, 5.74) is 0.803. The van der Waals surface area contributed by atoms with E-state index in [0.29, 0.717) is 5.92 Å². The van der Waals surface area contributed by atoms with Gasteiger partial charge in [0.2, 0.25) is 0 Å². The number of rotatable bonds is 5. The van der Waals surface area contributed by atoms with Crippen LogP contribution in [0.2, 0.25) is 0 Å². The first-order valence-electron chi connectivity index (χ1n) is 6.15. The van der Waals surface area contributed by atoms with E-state index in [1.54, 1.807) is 12.5 Å². The second-order valence-corrected chi connectivity index (χ2v) is 4.38. The van der Waals surface area contributed by atoms with Gasteiger partial charge in [0.1, 0.15) is 12.1 Å². The first kappa shape index (κ1) is 11.8. The predicted molar refractivity (Wildman–Crippen MR) is 69.0 cm³/mol. The minimum absolute atomic E-state index is 0.659. The minimum Gasteiger partial charge on any atom is -0.356 e. The summed E-state index contributed by atoms with van der Waals surface area (Å²) in [5.74, 6) is 1.64. The van der Waals surface area contributed by atoms with Crippen molar-refractivity contribution in [2.45, 2.75) is 27.2 Å². The van der Waals surface area contributed by atoms with Crippen LogP contribution in [0.1, 0.15) is 27.2 Å². The maximum Gasteiger partial charge on any atom is 0.160 e. The molecule has 92 valence electrons. The van der Waals surface area contributed by atoms with E-state index in [1.165, 1.54) is 6.42 Å². The molecule has 2 rings (SSSR count). The van der Waals surface area contributed by atoms with Gasteiger partial charge in [-0.2, -0.15) is 5.10 Å². The molecule has 2 aromatic heterocycles. The molecule has 1 N–H and O–H groups in total. The molecule has 5 heteroatoms. The van der Waals surface area contributed by atoms with Crippen LogP contribution < -0.4 is 4.90 Å². The highest BCUT2D eigenvalue weighted by atomic mass is 15.2. The van der Waals surface area contributed by atoms with Gasteiger partial charge in [0, 0.05) is 13.1 Å². The lowest BCUT2D eigenvalue weighted by Gasteiger charge is -2.25. The summed E-state index contributed by atoms with van der Waals surface area (Å²) in [4.78, 5) is 10.8. The van der Waals surface area contributed by atoms with Crippen molar-refractivity contribution in [3.8, 4) is 0 Å². The number of nitrogens with zero attached hydrogens (tertiary/aromatic N) is 4. The Morgan fingerprint density at radius 1 is 1.35 bits per heavy atom. The van der Waals surface area contributed by atoms with Crippen molar-refractivity contribution >= 4 is 16.9 Å². The maximum absolute atomic E-state index is 4.39. The normalized spacial score (nSPS) is 12.9. The molecule has 0 aliphatic heterocycles. The molecule has 0 aliphatic rings. The number of H-pyrrole nitrogens is 1. The first-order valence-corrected chi connectivity index (χ1v) is 6.15. The lowest BCUT2D eigenvalue weighted by Crippen LogP contribution is -2.29. The van der Waals surface area contributed by atoms with Gasteiger partial charge in [0.15, 0.2) is 5.65 Å². The fraction of sp³-hybridized carbons (Fsp3) is 0.583. The number of hydrogen-bond donors (Lipinski definition) is 1. The summed E-state index contributed by atoms with van der Waals surface area (Å²) < 4.78 is 0. The quantitative estimate of drug-likeness (QED) is 0.860. The SMILES string of the molecule is CCC(C)CN(CC)c1ncnc2[nH]ncc12. The fourth-order valence-corrected chi connectivity index (χ4v) is 1.87. The molecule has 0 fully saturated rings. The van der Waals surface area contributed by atoms with Crippen LogP contribution in [0.3, 0.4) is 0 Å². The summed E-state index contributed by atoms with van der Waals surface area (Å²) in [6, 6.07) is 0. The number of hydrogen-bond acceptors (Lipinski definition) is 4. The zero-order valence-electron chi connectivity index (χ0n) is 10.6. The third kappa shape index (κ3) is 2.38. The van der Waals surface area contributed by atoms with Crippen molar-refractivity contribution in [3.63, 3.8) is 0 Å². The Balaban J connectivity index is 2.32. The predicted octanol–water partition coefficient (Wildman–Crippen LogP) is 2.23. The minimum atomic E-state index is 0.659. The van der Waals surface area contributed by atoms with Crippen molar-refractivity contribution < 1.29 is 0 Å². The van der Waals surface area contributed by atoms with Gasteiger partial charge in [0.25, 0.3) is 0 Å². The Morgan fingerprint density at radius 2 is 2.18 bits per heavy atom. The van der Waals surface area contributed by atoms with Crippen LogP contribution in [0.5, 0.6) is 0 Å². The van der Waals surface area contributed by atoms with Gasteiger partial charge in [-0.3, -0.25) is 5.10 Å². The van der Waals surface area contributed by atoms with E-state index >= 15 is 0 Å². The van der Waals surface area contributed by atoms with Crippen LogP contribution in [0.4, 0.5) is 5.82 Å². The largest absolute Gasteiger partial charge is 0.356 e. The summed E-state index contributed by atoms with van der Waals surface area (Å²) in [6.45, 7) is 8.59. The number of fused-ring (bicyclic) bond motifs is 1. The standard InChI is InChI=1S/C12H19N5/c1-4-9(3)7-17(5-2)12-10-6-15-16-11(10)13-8-14-12/h6,8-9H,4-5,7H2,1-3H3,(H,13,14,15,16). The summed E-state index contributed by atoms with van der Waals surface area (Å²) in [5, 5.41) is 7.90. The van der Waals surface area contributed by atoms with Gasteiger partial charge in [-0.15, -0.1) is 0 Å². The molecule has 2 aromatic rings. The van der Waals surface area contributed by atoms with Crippen molar-refractivity contribution in [2.75, 3.05) is 18.0 Å². The van der Waals surface area contributed by atoms with E-state index in [0.717, 1.165) is 29.9 Å². The van der Waals surface area contributed by atoms with Gasteiger partial charge < -0.3 is 4.90 Å². The van der Waals surface area contributed by atoms with Crippen molar-refractivity contribution in [1.82, 2.24) is 20.2 Å². The van der Waals surface area contributed by atoms with E-state index in [9.17, 15) is 0 Å². The molecule has 0 saturated heterocycles. The lowest BCUT2D eigenvalue weighted by molar-refractivity contribution is 0.546. The van der Waals surface area contributed by atoms with Gasteiger partial charge in [-0.1, -0.05) is 20.3 Å². The molecule has 1 unspecified atom stereocenters. The van der Waals surface area contributed by atoms with Crippen LogP contribution in [-0.4, -0.2) is 33.3 Å². The molecule has 0 aromatic carbocycles. The molecule has 17 heavy (non-hydrogen) atoms.